The van der Waals surface area contributed by atoms with Gasteiger partial charge in [-0.05, 0) is 19.4 Å². The van der Waals surface area contributed by atoms with Crippen molar-refractivity contribution < 1.29 is 4.79 Å². The van der Waals surface area contributed by atoms with Gasteiger partial charge in [-0.2, -0.15) is 0 Å². The second kappa shape index (κ2) is 7.25. The Labute approximate surface area is 122 Å². The lowest BCUT2D eigenvalue weighted by Crippen LogP contribution is -2.47. The lowest BCUT2D eigenvalue weighted by Gasteiger charge is -2.23. The van der Waals surface area contributed by atoms with Gasteiger partial charge in [-0.3, -0.25) is 18.7 Å². The molecule has 20 heavy (non-hydrogen) atoms. The minimum atomic E-state index is -0.482. The van der Waals surface area contributed by atoms with Crippen LogP contribution in [0.15, 0.2) is 21.9 Å². The molecule has 0 radical (unpaired) electrons. The number of nitrogens with zero attached hydrogens (tertiary/aromatic N) is 2. The molecular weight excluding hydrogens is 284 g/mol. The first-order chi connectivity index (χ1) is 9.08. The number of carbonyl (C=O) groups excluding carboxylic acids is 1. The Morgan fingerprint density at radius 2 is 2.25 bits per heavy atom. The summed E-state index contributed by atoms with van der Waals surface area (Å²) in [4.78, 5) is 34.8. The molecule has 0 aliphatic carbocycles. The molecule has 2 heterocycles. The second-order valence-electron chi connectivity index (χ2n) is 4.73. The lowest BCUT2D eigenvalue weighted by atomic mass is 10.1. The fraction of sp³-hybridized carbons (Fsp3) is 0.583. The molecule has 2 rings (SSSR count). The molecule has 0 aromatic carbocycles. The number of rotatable bonds is 3. The highest BCUT2D eigenvalue weighted by Gasteiger charge is 2.15. The van der Waals surface area contributed by atoms with Crippen LogP contribution >= 0.6 is 12.4 Å². The van der Waals surface area contributed by atoms with E-state index in [1.54, 1.807) is 0 Å². The zero-order valence-electron chi connectivity index (χ0n) is 11.3. The van der Waals surface area contributed by atoms with Crippen LogP contribution in [0.5, 0.6) is 0 Å². The van der Waals surface area contributed by atoms with Crippen LogP contribution in [0.3, 0.4) is 0 Å². The Bertz CT molecular complexity index is 575. The van der Waals surface area contributed by atoms with Gasteiger partial charge in [0.2, 0.25) is 5.91 Å². The van der Waals surface area contributed by atoms with E-state index in [0.717, 1.165) is 30.5 Å². The fourth-order valence-electron chi connectivity index (χ4n) is 2.14. The zero-order valence-corrected chi connectivity index (χ0v) is 12.1. The lowest BCUT2D eigenvalue weighted by molar-refractivity contribution is -0.122. The number of hydrogen-bond donors (Lipinski definition) is 2. The summed E-state index contributed by atoms with van der Waals surface area (Å²) in [6, 6.07) is 1.39. The summed E-state index contributed by atoms with van der Waals surface area (Å²) in [5.41, 5.74) is -0.859. The molecule has 0 saturated carbocycles. The van der Waals surface area contributed by atoms with Crippen LogP contribution in [0.4, 0.5) is 0 Å². The number of hydrogen-bond acceptors (Lipinski definition) is 4. The highest BCUT2D eigenvalue weighted by molar-refractivity contribution is 5.85. The Kier molecular flexibility index (Phi) is 5.97. The number of carbonyl (C=O) groups is 1. The van der Waals surface area contributed by atoms with Gasteiger partial charge in [0.25, 0.3) is 5.56 Å². The smallest absolute Gasteiger partial charge is 0.331 e. The highest BCUT2D eigenvalue weighted by atomic mass is 35.5. The summed E-state index contributed by atoms with van der Waals surface area (Å²) < 4.78 is 2.21. The third-order valence-electron chi connectivity index (χ3n) is 3.24. The molecule has 7 nitrogen and oxygen atoms in total. The van der Waals surface area contributed by atoms with Crippen molar-refractivity contribution in [2.45, 2.75) is 25.4 Å². The SMILES string of the molecule is Cl.Cn1c(=O)ccn(CC(=O)NC2CCCNC2)c1=O. The van der Waals surface area contributed by atoms with Gasteiger partial charge in [0.15, 0.2) is 0 Å². The minimum absolute atomic E-state index is 0. The molecule has 1 aromatic heterocycles. The van der Waals surface area contributed by atoms with Gasteiger partial charge in [0.1, 0.15) is 6.54 Å². The van der Waals surface area contributed by atoms with E-state index in [1.807, 2.05) is 0 Å². The van der Waals surface area contributed by atoms with Crippen LogP contribution in [0.1, 0.15) is 12.8 Å². The average Bonchev–Trinajstić information content (AvgIpc) is 2.41. The predicted octanol–water partition coefficient (Wildman–Crippen LogP) is -1.16. The summed E-state index contributed by atoms with van der Waals surface area (Å²) in [6.45, 7) is 1.67. The van der Waals surface area contributed by atoms with Gasteiger partial charge in [-0.1, -0.05) is 0 Å². The largest absolute Gasteiger partial charge is 0.351 e. The van der Waals surface area contributed by atoms with E-state index in [9.17, 15) is 14.4 Å². The van der Waals surface area contributed by atoms with Crippen LogP contribution in [-0.4, -0.2) is 34.2 Å². The summed E-state index contributed by atoms with van der Waals surface area (Å²) in [6.07, 6.45) is 3.33. The van der Waals surface area contributed by atoms with Crippen molar-refractivity contribution >= 4 is 18.3 Å². The normalized spacial score (nSPS) is 18.1. The number of aromatic nitrogens is 2. The molecule has 1 aromatic rings. The molecule has 0 spiro atoms. The molecule has 1 aliphatic heterocycles. The summed E-state index contributed by atoms with van der Waals surface area (Å²) >= 11 is 0. The van der Waals surface area contributed by atoms with Crippen LogP contribution in [0.2, 0.25) is 0 Å². The average molecular weight is 303 g/mol. The second-order valence-corrected chi connectivity index (χ2v) is 4.73. The minimum Gasteiger partial charge on any atom is -0.351 e. The molecule has 1 unspecified atom stereocenters. The van der Waals surface area contributed by atoms with Crippen molar-refractivity contribution in [1.82, 2.24) is 19.8 Å². The quantitative estimate of drug-likeness (QED) is 0.737. The molecule has 1 saturated heterocycles. The van der Waals surface area contributed by atoms with Crippen LogP contribution < -0.4 is 21.9 Å². The first kappa shape index (κ1) is 16.5. The molecule has 1 aliphatic rings. The molecular formula is C12H19ClN4O3. The fourth-order valence-corrected chi connectivity index (χ4v) is 2.14. The maximum absolute atomic E-state index is 11.8. The zero-order chi connectivity index (χ0) is 13.8. The van der Waals surface area contributed by atoms with Gasteiger partial charge >= 0.3 is 5.69 Å². The number of halogens is 1. The van der Waals surface area contributed by atoms with E-state index in [2.05, 4.69) is 10.6 Å². The van der Waals surface area contributed by atoms with Gasteiger partial charge in [0.05, 0.1) is 0 Å². The Balaban J connectivity index is 0.00000200. The molecule has 112 valence electrons. The molecule has 8 heteroatoms. The maximum Gasteiger partial charge on any atom is 0.331 e. The van der Waals surface area contributed by atoms with E-state index in [-0.39, 0.29) is 36.5 Å². The first-order valence-electron chi connectivity index (χ1n) is 6.34. The van der Waals surface area contributed by atoms with Crippen molar-refractivity contribution in [3.8, 4) is 0 Å². The van der Waals surface area contributed by atoms with Crippen molar-refractivity contribution in [2.75, 3.05) is 13.1 Å². The van der Waals surface area contributed by atoms with Gasteiger partial charge < -0.3 is 10.6 Å². The van der Waals surface area contributed by atoms with Crippen molar-refractivity contribution in [2.24, 2.45) is 7.05 Å². The van der Waals surface area contributed by atoms with Crippen LogP contribution in [-0.2, 0) is 18.4 Å². The van der Waals surface area contributed by atoms with E-state index >= 15 is 0 Å². The Morgan fingerprint density at radius 1 is 1.50 bits per heavy atom. The van der Waals surface area contributed by atoms with Crippen molar-refractivity contribution in [1.29, 1.82) is 0 Å². The van der Waals surface area contributed by atoms with E-state index in [4.69, 9.17) is 0 Å². The van der Waals surface area contributed by atoms with Gasteiger partial charge in [-0.25, -0.2) is 4.79 Å². The third-order valence-corrected chi connectivity index (χ3v) is 3.24. The number of piperidine rings is 1. The summed E-state index contributed by atoms with van der Waals surface area (Å²) in [5, 5.41) is 6.08. The predicted molar refractivity (Wildman–Crippen MR) is 77.2 cm³/mol. The van der Waals surface area contributed by atoms with Crippen LogP contribution in [0.25, 0.3) is 0 Å². The molecule has 1 fully saturated rings. The highest BCUT2D eigenvalue weighted by Crippen LogP contribution is 2.00. The summed E-state index contributed by atoms with van der Waals surface area (Å²) in [7, 11) is 1.39. The number of nitrogens with one attached hydrogen (secondary N) is 2. The van der Waals surface area contributed by atoms with Crippen molar-refractivity contribution in [3.05, 3.63) is 33.1 Å². The molecule has 1 amide bonds. The van der Waals surface area contributed by atoms with Crippen molar-refractivity contribution in [3.63, 3.8) is 0 Å². The topological polar surface area (TPSA) is 85.1 Å². The van der Waals surface area contributed by atoms with Gasteiger partial charge in [0, 0.05) is 31.9 Å². The maximum atomic E-state index is 11.8. The molecule has 0 bridgehead atoms. The van der Waals surface area contributed by atoms with Crippen LogP contribution in [0, 0.1) is 0 Å². The molecule has 1 atom stereocenters. The van der Waals surface area contributed by atoms with Gasteiger partial charge in [-0.15, -0.1) is 12.4 Å². The van der Waals surface area contributed by atoms with E-state index in [0.29, 0.717) is 0 Å². The molecule has 2 N–H and O–H groups in total. The number of amides is 1. The Morgan fingerprint density at radius 3 is 2.90 bits per heavy atom. The third kappa shape index (κ3) is 3.94. The first-order valence-corrected chi connectivity index (χ1v) is 6.34. The Hall–Kier alpha value is -1.60. The van der Waals surface area contributed by atoms with E-state index < -0.39 is 5.69 Å². The van der Waals surface area contributed by atoms with E-state index in [1.165, 1.54) is 23.9 Å². The standard InChI is InChI=1S/C12H18N4O3.ClH/c1-15-11(18)4-6-16(12(15)19)8-10(17)14-9-3-2-5-13-7-9;/h4,6,9,13H,2-3,5,7-8H2,1H3,(H,14,17);1H. The monoisotopic (exact) mass is 302 g/mol. The summed E-state index contributed by atoms with van der Waals surface area (Å²) in [5.74, 6) is -0.213.